The van der Waals surface area contributed by atoms with E-state index in [0.29, 0.717) is 5.69 Å². The third kappa shape index (κ3) is 6.09. The molecular formula is C23H24Cl2N6O5S. The Labute approximate surface area is 224 Å². The van der Waals surface area contributed by atoms with Crippen molar-refractivity contribution in [3.63, 3.8) is 0 Å². The number of aromatic nitrogens is 3. The molecule has 2 aromatic carbocycles. The molecule has 11 nitrogen and oxygen atoms in total. The van der Waals surface area contributed by atoms with Gasteiger partial charge in [0.2, 0.25) is 17.2 Å². The molecule has 1 unspecified atom stereocenters. The van der Waals surface area contributed by atoms with Gasteiger partial charge in [0.05, 0.1) is 17.8 Å². The lowest BCUT2D eigenvalue weighted by molar-refractivity contribution is -0.141. The van der Waals surface area contributed by atoms with Crippen LogP contribution in [0.3, 0.4) is 0 Å². The molecule has 0 aliphatic carbocycles. The van der Waals surface area contributed by atoms with Crippen LogP contribution in [-0.2, 0) is 19.6 Å². The van der Waals surface area contributed by atoms with E-state index in [1.54, 1.807) is 13.0 Å². The number of para-hydroxylation sites is 1. The zero-order valence-electron chi connectivity index (χ0n) is 20.6. The first-order valence-corrected chi connectivity index (χ1v) is 13.0. The van der Waals surface area contributed by atoms with Crippen LogP contribution in [0.1, 0.15) is 18.1 Å². The smallest absolute Gasteiger partial charge is 0.337 e. The van der Waals surface area contributed by atoms with Crippen molar-refractivity contribution in [1.82, 2.24) is 19.7 Å². The van der Waals surface area contributed by atoms with Crippen molar-refractivity contribution in [2.45, 2.75) is 31.7 Å². The van der Waals surface area contributed by atoms with Crippen LogP contribution in [0.15, 0.2) is 47.4 Å². The highest BCUT2D eigenvalue weighted by Crippen LogP contribution is 2.33. The number of aryl methyl sites for hydroxylation is 2. The van der Waals surface area contributed by atoms with Crippen molar-refractivity contribution < 1.29 is 22.7 Å². The average molecular weight is 567 g/mol. The number of hydrogen-bond acceptors (Lipinski definition) is 9. The Bertz CT molecular complexity index is 1430. The van der Waals surface area contributed by atoms with Crippen molar-refractivity contribution in [1.29, 1.82) is 0 Å². The van der Waals surface area contributed by atoms with Crippen LogP contribution >= 0.6 is 23.2 Å². The van der Waals surface area contributed by atoms with E-state index in [-0.39, 0.29) is 27.1 Å². The summed E-state index contributed by atoms with van der Waals surface area (Å²) >= 11 is 12.2. The Balaban J connectivity index is 2.04. The number of anilines is 3. The predicted molar refractivity (Wildman–Crippen MR) is 140 cm³/mol. The number of nitrogens with zero attached hydrogens (tertiary/aromatic N) is 5. The Morgan fingerprint density at radius 2 is 1.57 bits per heavy atom. The second-order valence-electron chi connectivity index (χ2n) is 7.91. The molecule has 1 N–H and O–H groups in total. The van der Waals surface area contributed by atoms with Crippen LogP contribution < -0.4 is 14.5 Å². The van der Waals surface area contributed by atoms with E-state index in [2.05, 4.69) is 15.0 Å². The molecule has 3 aromatic rings. The number of esters is 1. The molecule has 14 heteroatoms. The largest absolute Gasteiger partial charge is 0.467 e. The number of urea groups is 1. The van der Waals surface area contributed by atoms with E-state index in [9.17, 15) is 18.0 Å². The fraction of sp³-hybridized carbons (Fsp3) is 0.261. The summed E-state index contributed by atoms with van der Waals surface area (Å²) in [4.78, 5) is 39.9. The van der Waals surface area contributed by atoms with E-state index in [1.165, 1.54) is 37.3 Å². The van der Waals surface area contributed by atoms with Crippen LogP contribution in [-0.4, -0.2) is 55.6 Å². The van der Waals surface area contributed by atoms with E-state index in [1.807, 2.05) is 36.8 Å². The first kappa shape index (κ1) is 28.1. The van der Waals surface area contributed by atoms with Gasteiger partial charge in [0.25, 0.3) is 10.0 Å². The first-order chi connectivity index (χ1) is 17.4. The molecule has 0 aliphatic rings. The van der Waals surface area contributed by atoms with E-state index in [0.717, 1.165) is 16.0 Å². The number of sulfonamides is 1. The van der Waals surface area contributed by atoms with Crippen molar-refractivity contribution >= 4 is 62.8 Å². The standard InChI is InChI=1S/C23H24Cl2N6O5S/c1-13-9-8-10-14(2)18(13)31(15(3)19(32)36-5)22-27-20(25)26-21(28-22)30(4)23(33)29-37(34,35)17-12-7-6-11-16(17)24/h6-12,15H,1-5H3,(H,29,33). The van der Waals surface area contributed by atoms with Gasteiger partial charge in [-0.2, -0.15) is 15.0 Å². The molecule has 0 radical (unpaired) electrons. The lowest BCUT2D eigenvalue weighted by Crippen LogP contribution is -2.42. The van der Waals surface area contributed by atoms with Gasteiger partial charge in [-0.3, -0.25) is 9.80 Å². The first-order valence-electron chi connectivity index (χ1n) is 10.8. The monoisotopic (exact) mass is 566 g/mol. The summed E-state index contributed by atoms with van der Waals surface area (Å²) in [7, 11) is -1.81. The van der Waals surface area contributed by atoms with E-state index < -0.39 is 28.1 Å². The fourth-order valence-electron chi connectivity index (χ4n) is 3.51. The summed E-state index contributed by atoms with van der Waals surface area (Å²) < 4.78 is 32.3. The molecule has 37 heavy (non-hydrogen) atoms. The van der Waals surface area contributed by atoms with Crippen LogP contribution in [0.25, 0.3) is 0 Å². The van der Waals surface area contributed by atoms with Crippen LogP contribution in [0, 0.1) is 13.8 Å². The normalized spacial score (nSPS) is 12.0. The molecule has 0 saturated carbocycles. The van der Waals surface area contributed by atoms with Gasteiger partial charge in [0.15, 0.2) is 0 Å². The highest BCUT2D eigenvalue weighted by Gasteiger charge is 2.31. The zero-order chi connectivity index (χ0) is 27.5. The number of hydrogen-bond donors (Lipinski definition) is 1. The number of carbonyl (C=O) groups is 2. The van der Waals surface area contributed by atoms with E-state index in [4.69, 9.17) is 27.9 Å². The summed E-state index contributed by atoms with van der Waals surface area (Å²) in [6.45, 7) is 5.30. The Morgan fingerprint density at radius 3 is 2.16 bits per heavy atom. The van der Waals surface area contributed by atoms with Crippen LogP contribution in [0.4, 0.5) is 22.4 Å². The number of ether oxygens (including phenoxy) is 1. The highest BCUT2D eigenvalue weighted by atomic mass is 35.5. The maximum Gasteiger partial charge on any atom is 0.337 e. The molecule has 0 fully saturated rings. The van der Waals surface area contributed by atoms with Crippen molar-refractivity contribution in [3.05, 3.63) is 63.9 Å². The Kier molecular flexibility index (Phi) is 8.57. The van der Waals surface area contributed by atoms with Gasteiger partial charge in [-0.25, -0.2) is 22.7 Å². The van der Waals surface area contributed by atoms with Crippen LogP contribution in [0.5, 0.6) is 0 Å². The second-order valence-corrected chi connectivity index (χ2v) is 10.3. The molecule has 196 valence electrons. The van der Waals surface area contributed by atoms with E-state index >= 15 is 0 Å². The number of halogens is 2. The van der Waals surface area contributed by atoms with Crippen molar-refractivity contribution in [3.8, 4) is 0 Å². The summed E-state index contributed by atoms with van der Waals surface area (Å²) in [5.74, 6) is -0.897. The van der Waals surface area contributed by atoms with Gasteiger partial charge in [-0.1, -0.05) is 41.9 Å². The molecule has 1 aromatic heterocycles. The number of benzene rings is 2. The minimum atomic E-state index is -4.31. The summed E-state index contributed by atoms with van der Waals surface area (Å²) in [5, 5.41) is -0.348. The molecule has 3 rings (SSSR count). The fourth-order valence-corrected chi connectivity index (χ4v) is 5.16. The molecular weight excluding hydrogens is 543 g/mol. The van der Waals surface area contributed by atoms with Crippen molar-refractivity contribution in [2.75, 3.05) is 24.0 Å². The number of rotatable bonds is 7. The predicted octanol–water partition coefficient (Wildman–Crippen LogP) is 4.03. The maximum absolute atomic E-state index is 12.9. The van der Waals surface area contributed by atoms with Gasteiger partial charge < -0.3 is 4.74 Å². The molecule has 0 aliphatic heterocycles. The third-order valence-electron chi connectivity index (χ3n) is 5.36. The maximum atomic E-state index is 12.9. The highest BCUT2D eigenvalue weighted by molar-refractivity contribution is 7.90. The number of nitrogens with one attached hydrogen (secondary N) is 1. The molecule has 1 atom stereocenters. The molecule has 0 saturated heterocycles. The molecule has 1 heterocycles. The third-order valence-corrected chi connectivity index (χ3v) is 7.35. The van der Waals surface area contributed by atoms with Gasteiger partial charge in [-0.15, -0.1) is 0 Å². The summed E-state index contributed by atoms with van der Waals surface area (Å²) in [5.41, 5.74) is 2.25. The number of amides is 2. The molecule has 2 amide bonds. The Morgan fingerprint density at radius 1 is 0.973 bits per heavy atom. The van der Waals surface area contributed by atoms with Gasteiger partial charge >= 0.3 is 12.0 Å². The zero-order valence-corrected chi connectivity index (χ0v) is 22.9. The topological polar surface area (TPSA) is 135 Å². The Hall–Kier alpha value is -3.48. The van der Waals surface area contributed by atoms with Gasteiger partial charge in [-0.05, 0) is 55.6 Å². The number of methoxy groups -OCH3 is 1. The van der Waals surface area contributed by atoms with Gasteiger partial charge in [0.1, 0.15) is 10.9 Å². The lowest BCUT2D eigenvalue weighted by atomic mass is 10.1. The quantitative estimate of drug-likeness (QED) is 0.420. The minimum absolute atomic E-state index is 0.0566. The summed E-state index contributed by atoms with van der Waals surface area (Å²) in [6.07, 6.45) is 0. The lowest BCUT2D eigenvalue weighted by Gasteiger charge is -2.30. The van der Waals surface area contributed by atoms with Crippen molar-refractivity contribution in [2.24, 2.45) is 0 Å². The second kappa shape index (κ2) is 11.3. The van der Waals surface area contributed by atoms with Gasteiger partial charge in [0, 0.05) is 7.05 Å². The molecule has 0 spiro atoms. The molecule has 0 bridgehead atoms. The SMILES string of the molecule is COC(=O)C(C)N(c1nc(Cl)nc(N(C)C(=O)NS(=O)(=O)c2ccccc2Cl)n1)c1c(C)cccc1C. The minimum Gasteiger partial charge on any atom is -0.467 e. The average Bonchev–Trinajstić information content (AvgIpc) is 2.84. The number of carbonyl (C=O) groups excluding carboxylic acids is 2. The summed E-state index contributed by atoms with van der Waals surface area (Å²) in [6, 6.07) is 9.25. The van der Waals surface area contributed by atoms with Crippen LogP contribution in [0.2, 0.25) is 10.3 Å².